The SMILES string of the molecule is CCc1ccccc1Nc1nc(N)nc(CSc2nnc3nc(C)cc(C)n23)n1. The van der Waals surface area contributed by atoms with Gasteiger partial charge in [0.1, 0.15) is 5.82 Å². The third kappa shape index (κ3) is 4.11. The van der Waals surface area contributed by atoms with E-state index >= 15 is 0 Å². The molecule has 0 saturated carbocycles. The van der Waals surface area contributed by atoms with Crippen LogP contribution >= 0.6 is 11.8 Å². The number of hydrogen-bond donors (Lipinski definition) is 2. The number of benzene rings is 1. The predicted molar refractivity (Wildman–Crippen MR) is 113 cm³/mol. The van der Waals surface area contributed by atoms with Gasteiger partial charge >= 0.3 is 0 Å². The Hall–Kier alpha value is -3.27. The Morgan fingerprint density at radius 1 is 1.07 bits per heavy atom. The lowest BCUT2D eigenvalue weighted by Crippen LogP contribution is -2.07. The van der Waals surface area contributed by atoms with Gasteiger partial charge < -0.3 is 11.1 Å². The Kier molecular flexibility index (Phi) is 5.26. The molecule has 0 fully saturated rings. The number of nitrogen functional groups attached to an aromatic ring is 1. The van der Waals surface area contributed by atoms with Crippen molar-refractivity contribution < 1.29 is 0 Å². The zero-order valence-electron chi connectivity index (χ0n) is 16.4. The first-order valence-electron chi connectivity index (χ1n) is 9.21. The van der Waals surface area contributed by atoms with E-state index in [0.29, 0.717) is 23.3 Å². The molecular weight excluding hydrogens is 386 g/mol. The van der Waals surface area contributed by atoms with Crippen molar-refractivity contribution in [2.45, 2.75) is 38.1 Å². The molecule has 0 radical (unpaired) electrons. The fourth-order valence-electron chi connectivity index (χ4n) is 3.05. The summed E-state index contributed by atoms with van der Waals surface area (Å²) in [6, 6.07) is 10.0. The van der Waals surface area contributed by atoms with Crippen molar-refractivity contribution in [3.05, 3.63) is 53.1 Å². The molecule has 0 bridgehead atoms. The lowest BCUT2D eigenvalue weighted by atomic mass is 10.1. The van der Waals surface area contributed by atoms with E-state index in [1.807, 2.05) is 42.5 Å². The van der Waals surface area contributed by atoms with Crippen LogP contribution in [0, 0.1) is 13.8 Å². The minimum Gasteiger partial charge on any atom is -0.368 e. The number of nitrogens with zero attached hydrogens (tertiary/aromatic N) is 7. The summed E-state index contributed by atoms with van der Waals surface area (Å²) in [4.78, 5) is 17.4. The van der Waals surface area contributed by atoms with Gasteiger partial charge in [0.05, 0.1) is 5.75 Å². The van der Waals surface area contributed by atoms with E-state index < -0.39 is 0 Å². The monoisotopic (exact) mass is 407 g/mol. The summed E-state index contributed by atoms with van der Waals surface area (Å²) >= 11 is 1.47. The highest BCUT2D eigenvalue weighted by molar-refractivity contribution is 7.98. The quantitative estimate of drug-likeness (QED) is 0.464. The first-order chi connectivity index (χ1) is 14.0. The van der Waals surface area contributed by atoms with Crippen molar-refractivity contribution in [1.29, 1.82) is 0 Å². The molecule has 0 aliphatic heterocycles. The van der Waals surface area contributed by atoms with E-state index in [0.717, 1.165) is 28.7 Å². The number of nitrogens with two attached hydrogens (primary N) is 1. The van der Waals surface area contributed by atoms with Gasteiger partial charge in [-0.1, -0.05) is 36.9 Å². The Labute approximate surface area is 172 Å². The molecule has 4 rings (SSSR count). The molecule has 29 heavy (non-hydrogen) atoms. The Morgan fingerprint density at radius 3 is 2.72 bits per heavy atom. The van der Waals surface area contributed by atoms with Gasteiger partial charge in [0.15, 0.2) is 5.16 Å². The maximum atomic E-state index is 5.91. The number of aromatic nitrogens is 7. The molecule has 0 spiro atoms. The van der Waals surface area contributed by atoms with Crippen LogP contribution in [0.5, 0.6) is 0 Å². The second-order valence-electron chi connectivity index (χ2n) is 6.51. The van der Waals surface area contributed by atoms with Crippen LogP contribution in [-0.2, 0) is 12.2 Å². The third-order valence-electron chi connectivity index (χ3n) is 4.34. The largest absolute Gasteiger partial charge is 0.368 e. The van der Waals surface area contributed by atoms with Gasteiger partial charge in [0, 0.05) is 17.1 Å². The molecule has 3 aromatic heterocycles. The van der Waals surface area contributed by atoms with Gasteiger partial charge in [0.25, 0.3) is 5.78 Å². The first kappa shape index (κ1) is 19.1. The normalized spacial score (nSPS) is 11.1. The van der Waals surface area contributed by atoms with Crippen molar-refractivity contribution >= 4 is 35.1 Å². The average molecular weight is 408 g/mol. The molecule has 0 aliphatic rings. The van der Waals surface area contributed by atoms with E-state index in [2.05, 4.69) is 48.4 Å². The van der Waals surface area contributed by atoms with Crippen LogP contribution < -0.4 is 11.1 Å². The molecule has 0 atom stereocenters. The van der Waals surface area contributed by atoms with Gasteiger partial charge in [-0.25, -0.2) is 4.98 Å². The van der Waals surface area contributed by atoms with Crippen LogP contribution in [0.3, 0.4) is 0 Å². The molecule has 1 aromatic carbocycles. The topological polar surface area (TPSA) is 120 Å². The van der Waals surface area contributed by atoms with Crippen molar-refractivity contribution in [3.63, 3.8) is 0 Å². The average Bonchev–Trinajstić information content (AvgIpc) is 3.09. The fourth-order valence-corrected chi connectivity index (χ4v) is 3.89. The zero-order chi connectivity index (χ0) is 20.4. The molecule has 10 heteroatoms. The van der Waals surface area contributed by atoms with Gasteiger partial charge in [-0.3, -0.25) is 4.40 Å². The minimum atomic E-state index is 0.173. The van der Waals surface area contributed by atoms with Crippen LogP contribution in [0.25, 0.3) is 5.78 Å². The van der Waals surface area contributed by atoms with Gasteiger partial charge in [0.2, 0.25) is 11.9 Å². The summed E-state index contributed by atoms with van der Waals surface area (Å²) in [7, 11) is 0. The number of para-hydroxylation sites is 1. The summed E-state index contributed by atoms with van der Waals surface area (Å²) in [6.07, 6.45) is 0.902. The highest BCUT2D eigenvalue weighted by atomic mass is 32.2. The van der Waals surface area contributed by atoms with E-state index in [4.69, 9.17) is 5.73 Å². The second kappa shape index (κ2) is 8.00. The third-order valence-corrected chi connectivity index (χ3v) is 5.26. The van der Waals surface area contributed by atoms with Crippen LogP contribution in [0.15, 0.2) is 35.5 Å². The maximum absolute atomic E-state index is 5.91. The maximum Gasteiger partial charge on any atom is 0.256 e. The van der Waals surface area contributed by atoms with E-state index in [1.165, 1.54) is 17.3 Å². The van der Waals surface area contributed by atoms with Gasteiger partial charge in [-0.05, 0) is 38.0 Å². The second-order valence-corrected chi connectivity index (χ2v) is 7.46. The van der Waals surface area contributed by atoms with E-state index in [-0.39, 0.29) is 5.95 Å². The fraction of sp³-hybridized carbons (Fsp3) is 0.263. The number of rotatable bonds is 6. The number of nitrogens with one attached hydrogen (secondary N) is 1. The molecular formula is C19H21N9S. The Balaban J connectivity index is 1.56. The zero-order valence-corrected chi connectivity index (χ0v) is 17.2. The first-order valence-corrected chi connectivity index (χ1v) is 10.2. The van der Waals surface area contributed by atoms with Crippen molar-refractivity contribution in [1.82, 2.24) is 34.5 Å². The van der Waals surface area contributed by atoms with Crippen molar-refractivity contribution in [3.8, 4) is 0 Å². The molecule has 3 N–H and O–H groups in total. The van der Waals surface area contributed by atoms with Crippen molar-refractivity contribution in [2.75, 3.05) is 11.1 Å². The van der Waals surface area contributed by atoms with Crippen molar-refractivity contribution in [2.24, 2.45) is 0 Å². The standard InChI is InChI=1S/C19H21N9S/c1-4-13-7-5-6-8-14(13)22-17-24-15(23-16(20)25-17)10-29-19-27-26-18-21-11(2)9-12(3)28(18)19/h5-9H,4,10H2,1-3H3,(H3,20,22,23,24,25). The molecule has 4 aromatic rings. The molecule has 0 saturated heterocycles. The number of fused-ring (bicyclic) bond motifs is 1. The van der Waals surface area contributed by atoms with E-state index in [1.54, 1.807) is 0 Å². The Bertz CT molecular complexity index is 1170. The van der Waals surface area contributed by atoms with Crippen LogP contribution in [-0.4, -0.2) is 34.5 Å². The highest BCUT2D eigenvalue weighted by Gasteiger charge is 2.13. The highest BCUT2D eigenvalue weighted by Crippen LogP contribution is 2.23. The smallest absolute Gasteiger partial charge is 0.256 e. The predicted octanol–water partition coefficient (Wildman–Crippen LogP) is 3.11. The summed E-state index contributed by atoms with van der Waals surface area (Å²) in [5.74, 6) is 2.22. The van der Waals surface area contributed by atoms with E-state index in [9.17, 15) is 0 Å². The molecule has 0 aliphatic carbocycles. The summed E-state index contributed by atoms with van der Waals surface area (Å²) in [5.41, 5.74) is 9.98. The molecule has 0 amide bonds. The number of anilines is 3. The van der Waals surface area contributed by atoms with Gasteiger partial charge in [-0.15, -0.1) is 10.2 Å². The summed E-state index contributed by atoms with van der Waals surface area (Å²) in [5, 5.41) is 12.4. The molecule has 3 heterocycles. The van der Waals surface area contributed by atoms with Crippen LogP contribution in [0.4, 0.5) is 17.6 Å². The summed E-state index contributed by atoms with van der Waals surface area (Å²) < 4.78 is 1.92. The van der Waals surface area contributed by atoms with Crippen LogP contribution in [0.2, 0.25) is 0 Å². The number of aryl methyl sites for hydroxylation is 3. The van der Waals surface area contributed by atoms with Gasteiger partial charge in [-0.2, -0.15) is 15.0 Å². The number of hydrogen-bond acceptors (Lipinski definition) is 9. The minimum absolute atomic E-state index is 0.173. The number of thioether (sulfide) groups is 1. The summed E-state index contributed by atoms with van der Waals surface area (Å²) in [6.45, 7) is 6.04. The molecule has 9 nitrogen and oxygen atoms in total. The lowest BCUT2D eigenvalue weighted by Gasteiger charge is -2.10. The lowest BCUT2D eigenvalue weighted by molar-refractivity contribution is 0.882. The Morgan fingerprint density at radius 2 is 1.90 bits per heavy atom. The van der Waals surface area contributed by atoms with Crippen LogP contribution in [0.1, 0.15) is 29.7 Å². The molecule has 0 unspecified atom stereocenters. The molecule has 148 valence electrons.